The topological polar surface area (TPSA) is 98.9 Å². The van der Waals surface area contributed by atoms with Crippen LogP contribution >= 0.6 is 11.8 Å². The van der Waals surface area contributed by atoms with E-state index in [0.29, 0.717) is 23.3 Å². The molecular formula is C47H52N2O5S. The molecule has 5 rings (SSSR count). The lowest BCUT2D eigenvalue weighted by Crippen LogP contribution is -2.52. The van der Waals surface area contributed by atoms with Gasteiger partial charge in [0.05, 0.1) is 17.8 Å². The average Bonchev–Trinajstić information content (AvgIpc) is 3.19. The van der Waals surface area contributed by atoms with Gasteiger partial charge in [-0.05, 0) is 72.9 Å². The Kier molecular flexibility index (Phi) is 13.4. The lowest BCUT2D eigenvalue weighted by Gasteiger charge is -2.38. The van der Waals surface area contributed by atoms with Crippen LogP contribution in [0.4, 0.5) is 0 Å². The fourth-order valence-electron chi connectivity index (χ4n) is 7.11. The van der Waals surface area contributed by atoms with Gasteiger partial charge in [-0.1, -0.05) is 153 Å². The number of carbonyl (C=O) groups is 3. The zero-order valence-electron chi connectivity index (χ0n) is 32.6. The summed E-state index contributed by atoms with van der Waals surface area (Å²) in [6.07, 6.45) is 0.486. The third-order valence-corrected chi connectivity index (χ3v) is 11.3. The lowest BCUT2D eigenvalue weighted by molar-refractivity contribution is -0.160. The summed E-state index contributed by atoms with van der Waals surface area (Å²) in [5, 5.41) is 0.984. The van der Waals surface area contributed by atoms with E-state index >= 15 is 0 Å². The van der Waals surface area contributed by atoms with Gasteiger partial charge in [0.1, 0.15) is 11.6 Å². The van der Waals surface area contributed by atoms with Gasteiger partial charge < -0.3 is 9.47 Å². The third kappa shape index (κ3) is 10.1. The summed E-state index contributed by atoms with van der Waals surface area (Å²) in [4.78, 5) is 41.8. The molecule has 5 aromatic rings. The summed E-state index contributed by atoms with van der Waals surface area (Å²) in [6, 6.07) is 46.6. The van der Waals surface area contributed by atoms with Gasteiger partial charge in [0.25, 0.3) is 5.91 Å². The largest absolute Gasteiger partial charge is 0.467 e. The number of benzene rings is 5. The number of thioether (sulfide) groups is 1. The highest BCUT2D eigenvalue weighted by atomic mass is 32.2. The first-order valence-electron chi connectivity index (χ1n) is 18.6. The molecule has 286 valence electrons. The second kappa shape index (κ2) is 18.0. The summed E-state index contributed by atoms with van der Waals surface area (Å²) in [5.74, 6) is 4.92. The minimum absolute atomic E-state index is 0.139. The maximum atomic E-state index is 14.2. The first-order valence-corrected chi connectivity index (χ1v) is 19.6. The fraction of sp³-hybridized carbons (Fsp3) is 0.298. The standard InChI is InChI=1S/C47H52N2O5S/c1-45(2,3)54-43(51)35(33-55-47(36-23-13-8-14-24-36,37-25-15-9-16-26-37)38-27-17-10-18-28-38)31-46(4,5)32-41(44(52)53-6)49(48)42(50)40-30-20-19-29-39(40)34-21-11-7-12-22-34/h7-30,35,41H,31-33,48H2,1-6H3/t35-,41-/m0/s1. The Labute approximate surface area is 330 Å². The molecule has 0 saturated heterocycles. The average molecular weight is 757 g/mol. The molecule has 7 nitrogen and oxygen atoms in total. The highest BCUT2D eigenvalue weighted by Crippen LogP contribution is 2.50. The maximum Gasteiger partial charge on any atom is 0.330 e. The van der Waals surface area contributed by atoms with Crippen LogP contribution in [0.2, 0.25) is 0 Å². The van der Waals surface area contributed by atoms with Crippen molar-refractivity contribution in [1.82, 2.24) is 5.01 Å². The number of hydrogen-bond donors (Lipinski definition) is 1. The number of carbonyl (C=O) groups excluding carboxylic acids is 3. The first-order chi connectivity index (χ1) is 26.3. The van der Waals surface area contributed by atoms with Crippen LogP contribution in [0, 0.1) is 11.3 Å². The summed E-state index contributed by atoms with van der Waals surface area (Å²) in [6.45, 7) is 9.56. The van der Waals surface area contributed by atoms with Crippen molar-refractivity contribution in [2.24, 2.45) is 17.2 Å². The Bertz CT molecular complexity index is 1920. The summed E-state index contributed by atoms with van der Waals surface area (Å²) < 4.78 is 10.6. The minimum Gasteiger partial charge on any atom is -0.467 e. The Morgan fingerprint density at radius 3 is 1.56 bits per heavy atom. The molecule has 0 aromatic heterocycles. The number of amides is 1. The predicted molar refractivity (Wildman–Crippen MR) is 222 cm³/mol. The van der Waals surface area contributed by atoms with Gasteiger partial charge in [0.2, 0.25) is 0 Å². The first kappa shape index (κ1) is 41.0. The zero-order chi connectivity index (χ0) is 39.6. The molecule has 0 radical (unpaired) electrons. The molecule has 0 spiro atoms. The van der Waals surface area contributed by atoms with Crippen LogP contribution in [0.15, 0.2) is 146 Å². The van der Waals surface area contributed by atoms with Gasteiger partial charge in [-0.25, -0.2) is 10.6 Å². The normalized spacial score (nSPS) is 13.0. The van der Waals surface area contributed by atoms with Gasteiger partial charge in [-0.2, -0.15) is 0 Å². The molecule has 0 heterocycles. The summed E-state index contributed by atoms with van der Waals surface area (Å²) >= 11 is 1.69. The van der Waals surface area contributed by atoms with Crippen LogP contribution < -0.4 is 5.84 Å². The third-order valence-electron chi connectivity index (χ3n) is 9.61. The highest BCUT2D eigenvalue weighted by molar-refractivity contribution is 8.00. The van der Waals surface area contributed by atoms with Crippen LogP contribution in [-0.2, 0) is 23.8 Å². The van der Waals surface area contributed by atoms with Crippen molar-refractivity contribution in [2.75, 3.05) is 12.9 Å². The van der Waals surface area contributed by atoms with Gasteiger partial charge in [0, 0.05) is 11.3 Å². The number of methoxy groups -OCH3 is 1. The molecule has 0 aliphatic rings. The quantitative estimate of drug-likeness (QED) is 0.0374. The monoisotopic (exact) mass is 756 g/mol. The van der Waals surface area contributed by atoms with Crippen molar-refractivity contribution in [3.8, 4) is 11.1 Å². The van der Waals surface area contributed by atoms with E-state index in [1.165, 1.54) is 7.11 Å². The molecule has 1 amide bonds. The molecular weight excluding hydrogens is 705 g/mol. The second-order valence-corrected chi connectivity index (χ2v) is 16.8. The van der Waals surface area contributed by atoms with E-state index in [9.17, 15) is 14.4 Å². The summed E-state index contributed by atoms with van der Waals surface area (Å²) in [7, 11) is 1.29. The van der Waals surface area contributed by atoms with Crippen molar-refractivity contribution in [1.29, 1.82) is 0 Å². The van der Waals surface area contributed by atoms with E-state index in [-0.39, 0.29) is 12.4 Å². The van der Waals surface area contributed by atoms with Gasteiger partial charge in [0.15, 0.2) is 0 Å². The molecule has 55 heavy (non-hydrogen) atoms. The summed E-state index contributed by atoms with van der Waals surface area (Å²) in [5.41, 5.74) is 3.76. The molecule has 8 heteroatoms. The van der Waals surface area contributed by atoms with E-state index < -0.39 is 39.6 Å². The predicted octanol–water partition coefficient (Wildman–Crippen LogP) is 9.70. The van der Waals surface area contributed by atoms with Gasteiger partial charge >= 0.3 is 11.9 Å². The van der Waals surface area contributed by atoms with Crippen molar-refractivity contribution in [3.63, 3.8) is 0 Å². The van der Waals surface area contributed by atoms with Crippen molar-refractivity contribution < 1.29 is 23.9 Å². The number of hydrogen-bond acceptors (Lipinski definition) is 7. The molecule has 0 aliphatic carbocycles. The van der Waals surface area contributed by atoms with Crippen molar-refractivity contribution in [2.45, 2.75) is 63.9 Å². The molecule has 2 atom stereocenters. The molecule has 0 unspecified atom stereocenters. The number of ether oxygens (including phenoxy) is 2. The fourth-order valence-corrected chi connectivity index (χ4v) is 8.73. The molecule has 0 saturated carbocycles. The molecule has 0 fully saturated rings. The lowest BCUT2D eigenvalue weighted by atomic mass is 9.78. The van der Waals surface area contributed by atoms with Crippen LogP contribution in [0.25, 0.3) is 11.1 Å². The van der Waals surface area contributed by atoms with Crippen LogP contribution in [0.3, 0.4) is 0 Å². The van der Waals surface area contributed by atoms with Crippen LogP contribution in [0.5, 0.6) is 0 Å². The van der Waals surface area contributed by atoms with Crippen LogP contribution in [-0.4, -0.2) is 47.4 Å². The minimum atomic E-state index is -1.12. The van der Waals surface area contributed by atoms with E-state index in [2.05, 4.69) is 36.4 Å². The second-order valence-electron chi connectivity index (χ2n) is 15.6. The Hall–Kier alpha value is -5.18. The molecule has 5 aromatic carbocycles. The van der Waals surface area contributed by atoms with Gasteiger partial charge in [-0.15, -0.1) is 11.8 Å². The smallest absolute Gasteiger partial charge is 0.330 e. The van der Waals surface area contributed by atoms with E-state index in [1.807, 2.05) is 132 Å². The number of nitrogens with two attached hydrogens (primary N) is 1. The zero-order valence-corrected chi connectivity index (χ0v) is 33.4. The SMILES string of the molecule is COC(=O)[C@H](CC(C)(C)C[C@@H](CSC(c1ccccc1)(c1ccccc1)c1ccccc1)C(=O)OC(C)(C)C)N(N)C(=O)c1ccccc1-c1ccccc1. The number of nitrogens with zero attached hydrogens (tertiary/aromatic N) is 1. The number of hydrazine groups is 1. The van der Waals surface area contributed by atoms with Crippen LogP contribution in [0.1, 0.15) is 74.5 Å². The number of esters is 2. The maximum absolute atomic E-state index is 14.2. The van der Waals surface area contributed by atoms with E-state index in [0.717, 1.165) is 27.3 Å². The molecule has 0 aliphatic heterocycles. The number of rotatable bonds is 15. The van der Waals surface area contributed by atoms with Crippen molar-refractivity contribution >= 4 is 29.6 Å². The van der Waals surface area contributed by atoms with E-state index in [1.54, 1.807) is 23.9 Å². The van der Waals surface area contributed by atoms with Crippen molar-refractivity contribution in [3.05, 3.63) is 168 Å². The van der Waals surface area contributed by atoms with E-state index in [4.69, 9.17) is 15.3 Å². The highest BCUT2D eigenvalue weighted by Gasteiger charge is 2.42. The Morgan fingerprint density at radius 2 is 1.09 bits per heavy atom. The van der Waals surface area contributed by atoms with Gasteiger partial charge in [-0.3, -0.25) is 14.6 Å². The Balaban J connectivity index is 1.49. The molecule has 0 bridgehead atoms. The molecule has 2 N–H and O–H groups in total. The Morgan fingerprint density at radius 1 is 0.636 bits per heavy atom.